The standard InChI is InChI=1S/C12H14O/c1-9(8-13)11-3-2-4-12(7-11)10-5-6-10/h2-4,7-10H,5-6H2,1H3. The quantitative estimate of drug-likeness (QED) is 0.644. The number of aldehydes is 1. The largest absolute Gasteiger partial charge is 0.303 e. The number of rotatable bonds is 3. The van der Waals surface area contributed by atoms with Gasteiger partial charge in [-0.05, 0) is 29.9 Å². The summed E-state index contributed by atoms with van der Waals surface area (Å²) in [6.45, 7) is 1.94. The van der Waals surface area contributed by atoms with Crippen LogP contribution in [0.15, 0.2) is 24.3 Å². The minimum atomic E-state index is 0.0405. The second-order valence-electron chi connectivity index (χ2n) is 3.87. The van der Waals surface area contributed by atoms with Crippen molar-refractivity contribution in [2.45, 2.75) is 31.6 Å². The van der Waals surface area contributed by atoms with Crippen LogP contribution in [0.3, 0.4) is 0 Å². The molecule has 1 heteroatoms. The van der Waals surface area contributed by atoms with Crippen LogP contribution in [0.4, 0.5) is 0 Å². The lowest BCUT2D eigenvalue weighted by Gasteiger charge is -2.05. The normalized spacial score (nSPS) is 18.2. The number of hydrogen-bond donors (Lipinski definition) is 0. The fraction of sp³-hybridized carbons (Fsp3) is 0.417. The van der Waals surface area contributed by atoms with Crippen LogP contribution >= 0.6 is 0 Å². The van der Waals surface area contributed by atoms with E-state index in [1.54, 1.807) is 0 Å². The van der Waals surface area contributed by atoms with E-state index in [9.17, 15) is 4.79 Å². The van der Waals surface area contributed by atoms with Gasteiger partial charge in [-0.1, -0.05) is 31.2 Å². The van der Waals surface area contributed by atoms with Gasteiger partial charge in [0.15, 0.2) is 0 Å². The molecule has 0 amide bonds. The van der Waals surface area contributed by atoms with Crippen LogP contribution < -0.4 is 0 Å². The van der Waals surface area contributed by atoms with E-state index in [0.29, 0.717) is 0 Å². The Morgan fingerprint density at radius 2 is 2.23 bits per heavy atom. The van der Waals surface area contributed by atoms with Crippen LogP contribution in [0.2, 0.25) is 0 Å². The molecule has 1 aliphatic carbocycles. The van der Waals surface area contributed by atoms with E-state index in [0.717, 1.165) is 17.8 Å². The van der Waals surface area contributed by atoms with Crippen molar-refractivity contribution in [1.29, 1.82) is 0 Å². The summed E-state index contributed by atoms with van der Waals surface area (Å²) in [5.74, 6) is 0.817. The van der Waals surface area contributed by atoms with Gasteiger partial charge < -0.3 is 4.79 Å². The molecule has 1 aromatic rings. The monoisotopic (exact) mass is 174 g/mol. The van der Waals surface area contributed by atoms with E-state index in [-0.39, 0.29) is 5.92 Å². The highest BCUT2D eigenvalue weighted by Gasteiger charge is 2.23. The second kappa shape index (κ2) is 3.33. The lowest BCUT2D eigenvalue weighted by molar-refractivity contribution is -0.108. The number of carbonyl (C=O) groups is 1. The molecule has 0 aromatic heterocycles. The highest BCUT2D eigenvalue weighted by atomic mass is 16.1. The van der Waals surface area contributed by atoms with Crippen molar-refractivity contribution >= 4 is 6.29 Å². The zero-order chi connectivity index (χ0) is 9.26. The van der Waals surface area contributed by atoms with Gasteiger partial charge in [-0.25, -0.2) is 0 Å². The molecule has 0 heterocycles. The molecular formula is C12H14O. The fourth-order valence-electron chi connectivity index (χ4n) is 1.59. The third-order valence-electron chi connectivity index (χ3n) is 2.69. The number of hydrogen-bond acceptors (Lipinski definition) is 1. The summed E-state index contributed by atoms with van der Waals surface area (Å²) in [4.78, 5) is 10.6. The molecule has 1 nitrogen and oxygen atoms in total. The molecular weight excluding hydrogens is 160 g/mol. The van der Waals surface area contributed by atoms with E-state index >= 15 is 0 Å². The predicted molar refractivity (Wildman–Crippen MR) is 52.9 cm³/mol. The van der Waals surface area contributed by atoms with Crippen molar-refractivity contribution in [1.82, 2.24) is 0 Å². The Balaban J connectivity index is 2.25. The average molecular weight is 174 g/mol. The first-order chi connectivity index (χ1) is 6.31. The molecule has 0 N–H and O–H groups in total. The van der Waals surface area contributed by atoms with Gasteiger partial charge in [-0.15, -0.1) is 0 Å². The van der Waals surface area contributed by atoms with E-state index in [2.05, 4.69) is 18.2 Å². The van der Waals surface area contributed by atoms with Crippen LogP contribution in [0.1, 0.15) is 42.7 Å². The summed E-state index contributed by atoms with van der Waals surface area (Å²) in [5, 5.41) is 0. The molecule has 0 saturated heterocycles. The van der Waals surface area contributed by atoms with Gasteiger partial charge in [0.2, 0.25) is 0 Å². The Morgan fingerprint density at radius 1 is 1.46 bits per heavy atom. The molecule has 13 heavy (non-hydrogen) atoms. The molecule has 1 saturated carbocycles. The van der Waals surface area contributed by atoms with Crippen LogP contribution in [0.25, 0.3) is 0 Å². The predicted octanol–water partition coefficient (Wildman–Crippen LogP) is 2.87. The van der Waals surface area contributed by atoms with E-state index in [4.69, 9.17) is 0 Å². The first-order valence-electron chi connectivity index (χ1n) is 4.86. The Labute approximate surface area is 78.8 Å². The van der Waals surface area contributed by atoms with Crippen molar-refractivity contribution in [3.05, 3.63) is 35.4 Å². The summed E-state index contributed by atoms with van der Waals surface area (Å²) in [6, 6.07) is 8.43. The van der Waals surface area contributed by atoms with Crippen molar-refractivity contribution in [3.63, 3.8) is 0 Å². The average Bonchev–Trinajstić information content (AvgIpc) is 3.00. The molecule has 0 bridgehead atoms. The van der Waals surface area contributed by atoms with Crippen molar-refractivity contribution in [2.75, 3.05) is 0 Å². The third kappa shape index (κ3) is 1.80. The summed E-state index contributed by atoms with van der Waals surface area (Å²) < 4.78 is 0. The van der Waals surface area contributed by atoms with Gasteiger partial charge in [-0.2, -0.15) is 0 Å². The molecule has 1 fully saturated rings. The Kier molecular flexibility index (Phi) is 2.17. The van der Waals surface area contributed by atoms with E-state index in [1.807, 2.05) is 13.0 Å². The van der Waals surface area contributed by atoms with Gasteiger partial charge >= 0.3 is 0 Å². The molecule has 1 aliphatic rings. The minimum Gasteiger partial charge on any atom is -0.303 e. The van der Waals surface area contributed by atoms with Gasteiger partial charge in [0, 0.05) is 5.92 Å². The first kappa shape index (κ1) is 8.49. The smallest absolute Gasteiger partial charge is 0.127 e. The van der Waals surface area contributed by atoms with Gasteiger partial charge in [0.1, 0.15) is 6.29 Å². The Morgan fingerprint density at radius 3 is 2.85 bits per heavy atom. The Hall–Kier alpha value is -1.11. The number of carbonyl (C=O) groups excluding carboxylic acids is 1. The molecule has 1 atom stereocenters. The van der Waals surface area contributed by atoms with Crippen molar-refractivity contribution in [2.24, 2.45) is 0 Å². The summed E-state index contributed by atoms with van der Waals surface area (Å²) in [7, 11) is 0. The third-order valence-corrected chi connectivity index (χ3v) is 2.69. The van der Waals surface area contributed by atoms with E-state index in [1.165, 1.54) is 18.4 Å². The second-order valence-corrected chi connectivity index (χ2v) is 3.87. The fourth-order valence-corrected chi connectivity index (χ4v) is 1.59. The maximum absolute atomic E-state index is 10.6. The summed E-state index contributed by atoms with van der Waals surface area (Å²) >= 11 is 0. The molecule has 0 radical (unpaired) electrons. The molecule has 68 valence electrons. The highest BCUT2D eigenvalue weighted by molar-refractivity contribution is 5.61. The van der Waals surface area contributed by atoms with Gasteiger partial charge in [0.05, 0.1) is 0 Å². The molecule has 0 spiro atoms. The van der Waals surface area contributed by atoms with Crippen molar-refractivity contribution in [3.8, 4) is 0 Å². The van der Waals surface area contributed by atoms with Crippen molar-refractivity contribution < 1.29 is 4.79 Å². The maximum atomic E-state index is 10.6. The molecule has 1 aromatic carbocycles. The zero-order valence-electron chi connectivity index (χ0n) is 7.86. The zero-order valence-corrected chi connectivity index (χ0v) is 7.86. The summed E-state index contributed by atoms with van der Waals surface area (Å²) in [5.41, 5.74) is 2.56. The lowest BCUT2D eigenvalue weighted by atomic mass is 9.99. The molecule has 2 rings (SSSR count). The summed E-state index contributed by atoms with van der Waals surface area (Å²) in [6.07, 6.45) is 3.64. The SMILES string of the molecule is CC(C=O)c1cccc(C2CC2)c1. The highest BCUT2D eigenvalue weighted by Crippen LogP contribution is 2.40. The van der Waals surface area contributed by atoms with Crippen LogP contribution in [-0.4, -0.2) is 6.29 Å². The van der Waals surface area contributed by atoms with E-state index < -0.39 is 0 Å². The molecule has 1 unspecified atom stereocenters. The first-order valence-corrected chi connectivity index (χ1v) is 4.86. The minimum absolute atomic E-state index is 0.0405. The lowest BCUT2D eigenvalue weighted by Crippen LogP contribution is -1.94. The maximum Gasteiger partial charge on any atom is 0.127 e. The van der Waals surface area contributed by atoms with Gasteiger partial charge in [-0.3, -0.25) is 0 Å². The van der Waals surface area contributed by atoms with Crippen LogP contribution in [0, 0.1) is 0 Å². The van der Waals surface area contributed by atoms with Gasteiger partial charge in [0.25, 0.3) is 0 Å². The number of benzene rings is 1. The Bertz CT molecular complexity index is 313. The topological polar surface area (TPSA) is 17.1 Å². The van der Waals surface area contributed by atoms with Crippen LogP contribution in [-0.2, 0) is 4.79 Å². The molecule has 0 aliphatic heterocycles. The van der Waals surface area contributed by atoms with Crippen LogP contribution in [0.5, 0.6) is 0 Å².